The molecule has 0 radical (unpaired) electrons. The van der Waals surface area contributed by atoms with Gasteiger partial charge in [-0.3, -0.25) is 9.36 Å². The van der Waals surface area contributed by atoms with Crippen molar-refractivity contribution in [2.75, 3.05) is 6.61 Å². The van der Waals surface area contributed by atoms with Gasteiger partial charge in [0, 0.05) is 23.6 Å². The van der Waals surface area contributed by atoms with Crippen LogP contribution in [0.3, 0.4) is 0 Å². The topological polar surface area (TPSA) is 31.2 Å². The summed E-state index contributed by atoms with van der Waals surface area (Å²) >= 11 is 0. The second kappa shape index (κ2) is 10.5. The maximum absolute atomic E-state index is 13.6. The zero-order chi connectivity index (χ0) is 23.4. The Kier molecular flexibility index (Phi) is 8.75. The van der Waals surface area contributed by atoms with Crippen LogP contribution in [0.2, 0.25) is 16.6 Å². The van der Waals surface area contributed by atoms with Crippen molar-refractivity contribution in [1.82, 2.24) is 4.57 Å². The molecule has 0 N–H and O–H groups in total. The quantitative estimate of drug-likeness (QED) is 0.327. The molecule has 0 atom stereocenters. The van der Waals surface area contributed by atoms with Crippen LogP contribution < -0.4 is 0 Å². The van der Waals surface area contributed by atoms with Crippen molar-refractivity contribution in [1.29, 1.82) is 0 Å². The summed E-state index contributed by atoms with van der Waals surface area (Å²) in [6, 6.07) is 8.34. The Hall–Kier alpha value is -1.39. The van der Waals surface area contributed by atoms with Crippen molar-refractivity contribution in [3.63, 3.8) is 0 Å². The first-order valence-corrected chi connectivity index (χ1v) is 14.5. The van der Waals surface area contributed by atoms with E-state index < -0.39 is 8.32 Å². The Morgan fingerprint density at radius 1 is 0.935 bits per heavy atom. The van der Waals surface area contributed by atoms with Crippen molar-refractivity contribution in [3.05, 3.63) is 36.0 Å². The van der Waals surface area contributed by atoms with E-state index in [2.05, 4.69) is 86.7 Å². The van der Waals surface area contributed by atoms with Gasteiger partial charge in [-0.1, -0.05) is 80.5 Å². The normalized spacial score (nSPS) is 13.2. The first-order chi connectivity index (χ1) is 14.6. The lowest BCUT2D eigenvalue weighted by Gasteiger charge is -2.42. The molecule has 0 amide bonds. The zero-order valence-electron chi connectivity index (χ0n) is 21.4. The van der Waals surface area contributed by atoms with Crippen LogP contribution in [0.5, 0.6) is 0 Å². The van der Waals surface area contributed by atoms with Crippen molar-refractivity contribution < 1.29 is 9.22 Å². The summed E-state index contributed by atoms with van der Waals surface area (Å²) in [6.45, 7) is 21.1. The smallest absolute Gasteiger partial charge is 0.237 e. The Balaban J connectivity index is 2.37. The summed E-state index contributed by atoms with van der Waals surface area (Å²) < 4.78 is 8.74. The lowest BCUT2D eigenvalue weighted by Crippen LogP contribution is -2.48. The lowest BCUT2D eigenvalue weighted by molar-refractivity contribution is 0.0675. The predicted octanol–water partition coefficient (Wildman–Crippen LogP) is 8.23. The predicted molar refractivity (Wildman–Crippen MR) is 137 cm³/mol. The monoisotopic (exact) mass is 443 g/mol. The van der Waals surface area contributed by atoms with Crippen LogP contribution in [0, 0.1) is 5.41 Å². The second-order valence-corrected chi connectivity index (χ2v) is 15.6. The van der Waals surface area contributed by atoms with Crippen LogP contribution in [-0.4, -0.2) is 25.4 Å². The number of hydrogen-bond donors (Lipinski definition) is 0. The molecule has 0 spiro atoms. The SMILES string of the molecule is CCC(CC)(CC)C(=O)n1cc(CCO[Si](C(C)C)(C(C)C)C(C)C)c2ccccc21. The molecule has 174 valence electrons. The van der Waals surface area contributed by atoms with Crippen LogP contribution in [-0.2, 0) is 10.8 Å². The molecule has 0 aliphatic carbocycles. The van der Waals surface area contributed by atoms with Crippen LogP contribution >= 0.6 is 0 Å². The van der Waals surface area contributed by atoms with E-state index in [1.165, 1.54) is 10.9 Å². The molecule has 2 rings (SSSR count). The molecule has 0 aliphatic heterocycles. The highest BCUT2D eigenvalue weighted by Crippen LogP contribution is 2.42. The second-order valence-electron chi connectivity index (χ2n) is 10.1. The first kappa shape index (κ1) is 25.9. The Morgan fingerprint density at radius 2 is 1.45 bits per heavy atom. The van der Waals surface area contributed by atoms with Crippen molar-refractivity contribution >= 4 is 25.1 Å². The number of para-hydroxylation sites is 1. The van der Waals surface area contributed by atoms with Gasteiger partial charge in [-0.25, -0.2) is 0 Å². The molecule has 0 aliphatic rings. The van der Waals surface area contributed by atoms with Gasteiger partial charge in [-0.2, -0.15) is 0 Å². The highest BCUT2D eigenvalue weighted by Gasteiger charge is 2.44. The number of hydrogen-bond acceptors (Lipinski definition) is 2. The Labute approximate surface area is 191 Å². The fraction of sp³-hybridized carbons (Fsp3) is 0.667. The molecule has 0 unspecified atom stereocenters. The van der Waals surface area contributed by atoms with Gasteiger partial charge in [-0.05, 0) is 53.9 Å². The van der Waals surface area contributed by atoms with E-state index in [0.29, 0.717) is 16.6 Å². The van der Waals surface area contributed by atoms with Crippen molar-refractivity contribution in [2.45, 2.75) is 105 Å². The molecule has 1 aromatic heterocycles. The van der Waals surface area contributed by atoms with Crippen LogP contribution in [0.25, 0.3) is 10.9 Å². The minimum absolute atomic E-state index is 0.235. The van der Waals surface area contributed by atoms with Crippen molar-refractivity contribution in [3.8, 4) is 0 Å². The third kappa shape index (κ3) is 4.71. The molecule has 0 saturated carbocycles. The molecule has 1 aromatic carbocycles. The van der Waals surface area contributed by atoms with E-state index in [4.69, 9.17) is 4.43 Å². The molecule has 4 heteroatoms. The van der Waals surface area contributed by atoms with E-state index in [-0.39, 0.29) is 11.3 Å². The average molecular weight is 444 g/mol. The lowest BCUT2D eigenvalue weighted by atomic mass is 9.79. The fourth-order valence-corrected chi connectivity index (χ4v) is 11.4. The Bertz CT molecular complexity index is 831. The van der Waals surface area contributed by atoms with Gasteiger partial charge < -0.3 is 4.43 Å². The molecule has 3 nitrogen and oxygen atoms in total. The largest absolute Gasteiger partial charge is 0.416 e. The minimum atomic E-state index is -1.88. The van der Waals surface area contributed by atoms with Gasteiger partial charge in [0.25, 0.3) is 0 Å². The zero-order valence-corrected chi connectivity index (χ0v) is 22.4. The summed E-state index contributed by atoms with van der Waals surface area (Å²) in [5, 5.41) is 1.18. The molecular weight excluding hydrogens is 398 g/mol. The van der Waals surface area contributed by atoms with E-state index in [0.717, 1.165) is 37.8 Å². The van der Waals surface area contributed by atoms with E-state index in [1.807, 2.05) is 10.6 Å². The molecule has 0 bridgehead atoms. The number of carbonyl (C=O) groups excluding carboxylic acids is 1. The number of carbonyl (C=O) groups is 1. The molecular formula is C27H45NO2Si. The van der Waals surface area contributed by atoms with Gasteiger partial charge in [-0.15, -0.1) is 0 Å². The van der Waals surface area contributed by atoms with E-state index >= 15 is 0 Å². The summed E-state index contributed by atoms with van der Waals surface area (Å²) in [7, 11) is -1.88. The van der Waals surface area contributed by atoms with Crippen molar-refractivity contribution in [2.24, 2.45) is 5.41 Å². The van der Waals surface area contributed by atoms with Gasteiger partial charge in [0.15, 0.2) is 8.32 Å². The van der Waals surface area contributed by atoms with Crippen LogP contribution in [0.4, 0.5) is 0 Å². The summed E-state index contributed by atoms with van der Waals surface area (Å²) in [4.78, 5) is 13.6. The number of rotatable bonds is 11. The number of fused-ring (bicyclic) bond motifs is 1. The Morgan fingerprint density at radius 3 is 1.94 bits per heavy atom. The third-order valence-corrected chi connectivity index (χ3v) is 14.0. The van der Waals surface area contributed by atoms with Gasteiger partial charge in [0.1, 0.15) is 0 Å². The van der Waals surface area contributed by atoms with Gasteiger partial charge in [0.2, 0.25) is 5.91 Å². The van der Waals surface area contributed by atoms with Gasteiger partial charge in [0.05, 0.1) is 5.52 Å². The molecule has 2 aromatic rings. The maximum Gasteiger partial charge on any atom is 0.237 e. The highest BCUT2D eigenvalue weighted by atomic mass is 28.4. The standard InChI is InChI=1S/C27H45NO2Si/c1-10-27(11-2,12-3)26(29)28-19-23(24-15-13-14-16-25(24)28)17-18-30-31(20(4)5,21(6)7)22(8)9/h13-16,19-22H,10-12,17-18H2,1-9H3. The minimum Gasteiger partial charge on any atom is -0.416 e. The molecule has 31 heavy (non-hydrogen) atoms. The number of nitrogens with zero attached hydrogens (tertiary/aromatic N) is 1. The summed E-state index contributed by atoms with van der Waals surface area (Å²) in [5.41, 5.74) is 3.70. The maximum atomic E-state index is 13.6. The molecule has 0 saturated heterocycles. The molecule has 0 fully saturated rings. The highest BCUT2D eigenvalue weighted by molar-refractivity contribution is 6.77. The average Bonchev–Trinajstić information content (AvgIpc) is 3.10. The van der Waals surface area contributed by atoms with Gasteiger partial charge >= 0.3 is 0 Å². The van der Waals surface area contributed by atoms with Crippen LogP contribution in [0.1, 0.15) is 91.9 Å². The van der Waals surface area contributed by atoms with Crippen LogP contribution in [0.15, 0.2) is 30.5 Å². The third-order valence-electron chi connectivity index (χ3n) is 7.93. The number of aromatic nitrogens is 1. The molecule has 1 heterocycles. The fourth-order valence-electron chi connectivity index (χ4n) is 5.91. The summed E-state index contributed by atoms with van der Waals surface area (Å²) in [6.07, 6.45) is 5.55. The summed E-state index contributed by atoms with van der Waals surface area (Å²) in [5.74, 6) is 0.235. The number of benzene rings is 1. The first-order valence-electron chi connectivity index (χ1n) is 12.4. The van der Waals surface area contributed by atoms with E-state index in [9.17, 15) is 4.79 Å². The van der Waals surface area contributed by atoms with E-state index in [1.54, 1.807) is 0 Å².